The first-order valence-corrected chi connectivity index (χ1v) is 7.32. The van der Waals surface area contributed by atoms with Crippen LogP contribution in [0.1, 0.15) is 26.6 Å². The molecule has 0 saturated carbocycles. The SMILES string of the molecule is CC(C)C(C)N(C)Cc1nc(NN)c2ccsc2n1. The van der Waals surface area contributed by atoms with Crippen LogP contribution in [0.15, 0.2) is 11.4 Å². The van der Waals surface area contributed by atoms with Crippen molar-refractivity contribution in [3.05, 3.63) is 17.3 Å². The lowest BCUT2D eigenvalue weighted by molar-refractivity contribution is 0.196. The van der Waals surface area contributed by atoms with Crippen molar-refractivity contribution in [2.75, 3.05) is 12.5 Å². The first-order valence-electron chi connectivity index (χ1n) is 6.44. The number of hydrazine groups is 1. The normalized spacial score (nSPS) is 13.4. The van der Waals surface area contributed by atoms with Crippen LogP contribution in [0.4, 0.5) is 5.82 Å². The van der Waals surface area contributed by atoms with Crippen LogP contribution in [0.25, 0.3) is 10.2 Å². The van der Waals surface area contributed by atoms with Crippen molar-refractivity contribution in [3.8, 4) is 0 Å². The summed E-state index contributed by atoms with van der Waals surface area (Å²) in [5.74, 6) is 7.64. The number of hydrogen-bond donors (Lipinski definition) is 2. The van der Waals surface area contributed by atoms with Crippen molar-refractivity contribution in [2.45, 2.75) is 33.4 Å². The van der Waals surface area contributed by atoms with Gasteiger partial charge in [0, 0.05) is 6.04 Å². The summed E-state index contributed by atoms with van der Waals surface area (Å²) in [5, 5.41) is 2.99. The van der Waals surface area contributed by atoms with Gasteiger partial charge < -0.3 is 5.43 Å². The fourth-order valence-electron chi connectivity index (χ4n) is 1.96. The van der Waals surface area contributed by atoms with E-state index in [-0.39, 0.29) is 0 Å². The smallest absolute Gasteiger partial charge is 0.152 e. The third-order valence-electron chi connectivity index (χ3n) is 3.56. The molecule has 3 N–H and O–H groups in total. The molecule has 0 spiro atoms. The third kappa shape index (κ3) is 3.02. The Balaban J connectivity index is 2.25. The molecule has 0 aromatic carbocycles. The first-order chi connectivity index (χ1) is 9.02. The average Bonchev–Trinajstić information content (AvgIpc) is 2.84. The zero-order valence-electron chi connectivity index (χ0n) is 11.8. The second-order valence-corrected chi connectivity index (χ2v) is 6.07. The van der Waals surface area contributed by atoms with Gasteiger partial charge in [-0.1, -0.05) is 13.8 Å². The van der Waals surface area contributed by atoms with E-state index in [1.807, 2.05) is 11.4 Å². The van der Waals surface area contributed by atoms with E-state index >= 15 is 0 Å². The summed E-state index contributed by atoms with van der Waals surface area (Å²) in [6.45, 7) is 7.38. The summed E-state index contributed by atoms with van der Waals surface area (Å²) in [7, 11) is 2.10. The summed E-state index contributed by atoms with van der Waals surface area (Å²) in [5.41, 5.74) is 2.66. The van der Waals surface area contributed by atoms with E-state index in [4.69, 9.17) is 5.84 Å². The van der Waals surface area contributed by atoms with E-state index in [1.54, 1.807) is 11.3 Å². The number of aromatic nitrogens is 2. The van der Waals surface area contributed by atoms with Gasteiger partial charge in [0.25, 0.3) is 0 Å². The van der Waals surface area contributed by atoms with E-state index < -0.39 is 0 Å². The minimum Gasteiger partial charge on any atom is -0.308 e. The van der Waals surface area contributed by atoms with Crippen molar-refractivity contribution in [1.82, 2.24) is 14.9 Å². The molecule has 2 aromatic heterocycles. The number of rotatable bonds is 5. The minimum absolute atomic E-state index is 0.483. The van der Waals surface area contributed by atoms with E-state index in [9.17, 15) is 0 Å². The van der Waals surface area contributed by atoms with Crippen LogP contribution in [-0.2, 0) is 6.54 Å². The molecular formula is C13H21N5S. The lowest BCUT2D eigenvalue weighted by Crippen LogP contribution is -2.33. The van der Waals surface area contributed by atoms with Crippen LogP contribution < -0.4 is 11.3 Å². The minimum atomic E-state index is 0.483. The molecule has 2 rings (SSSR count). The maximum Gasteiger partial charge on any atom is 0.152 e. The van der Waals surface area contributed by atoms with Crippen molar-refractivity contribution in [3.63, 3.8) is 0 Å². The molecule has 0 aliphatic heterocycles. The maximum absolute atomic E-state index is 5.53. The average molecular weight is 279 g/mol. The highest BCUT2D eigenvalue weighted by Gasteiger charge is 2.16. The number of thiophene rings is 1. The van der Waals surface area contributed by atoms with Crippen LogP contribution in [0, 0.1) is 5.92 Å². The quantitative estimate of drug-likeness (QED) is 0.650. The highest BCUT2D eigenvalue weighted by atomic mass is 32.1. The molecule has 19 heavy (non-hydrogen) atoms. The van der Waals surface area contributed by atoms with E-state index in [2.05, 4.69) is 48.1 Å². The van der Waals surface area contributed by atoms with Crippen LogP contribution in [0.5, 0.6) is 0 Å². The largest absolute Gasteiger partial charge is 0.308 e. The molecule has 0 aliphatic rings. The van der Waals surface area contributed by atoms with Gasteiger partial charge in [0.2, 0.25) is 0 Å². The van der Waals surface area contributed by atoms with E-state index in [1.165, 1.54) is 0 Å². The first kappa shape index (κ1) is 14.2. The fourth-order valence-corrected chi connectivity index (χ4v) is 2.74. The number of nitrogens with zero attached hydrogens (tertiary/aromatic N) is 3. The maximum atomic E-state index is 5.53. The van der Waals surface area contributed by atoms with Gasteiger partial charge in [-0.2, -0.15) is 0 Å². The standard InChI is InChI=1S/C13H21N5S/c1-8(2)9(3)18(4)7-11-15-12(17-14)10-5-6-19-13(10)16-11/h5-6,8-9H,7,14H2,1-4H3,(H,15,16,17). The second-order valence-electron chi connectivity index (χ2n) is 5.17. The van der Waals surface area contributed by atoms with Gasteiger partial charge in [0.05, 0.1) is 11.9 Å². The zero-order valence-corrected chi connectivity index (χ0v) is 12.7. The molecule has 1 atom stereocenters. The van der Waals surface area contributed by atoms with Gasteiger partial charge in [0.15, 0.2) is 5.82 Å². The predicted octanol–water partition coefficient (Wildman–Crippen LogP) is 2.45. The van der Waals surface area contributed by atoms with Crippen LogP contribution in [0.2, 0.25) is 0 Å². The molecule has 104 valence electrons. The predicted molar refractivity (Wildman–Crippen MR) is 81.0 cm³/mol. The van der Waals surface area contributed by atoms with Crippen molar-refractivity contribution in [2.24, 2.45) is 11.8 Å². The second kappa shape index (κ2) is 5.81. The molecule has 2 heterocycles. The monoisotopic (exact) mass is 279 g/mol. The van der Waals surface area contributed by atoms with Gasteiger partial charge in [-0.15, -0.1) is 11.3 Å². The van der Waals surface area contributed by atoms with Gasteiger partial charge in [-0.25, -0.2) is 15.8 Å². The fraction of sp³-hybridized carbons (Fsp3) is 0.538. The Morgan fingerprint density at radius 3 is 2.74 bits per heavy atom. The number of anilines is 1. The Morgan fingerprint density at radius 1 is 1.37 bits per heavy atom. The van der Waals surface area contributed by atoms with Gasteiger partial charge in [0.1, 0.15) is 10.7 Å². The van der Waals surface area contributed by atoms with Crippen LogP contribution >= 0.6 is 11.3 Å². The van der Waals surface area contributed by atoms with Crippen LogP contribution in [0.3, 0.4) is 0 Å². The molecule has 0 fully saturated rings. The molecular weight excluding hydrogens is 258 g/mol. The molecule has 2 aromatic rings. The molecule has 1 unspecified atom stereocenters. The van der Waals surface area contributed by atoms with Crippen molar-refractivity contribution in [1.29, 1.82) is 0 Å². The highest BCUT2D eigenvalue weighted by Crippen LogP contribution is 2.25. The molecule has 0 radical (unpaired) electrons. The Morgan fingerprint density at radius 2 is 2.11 bits per heavy atom. The van der Waals surface area contributed by atoms with Crippen LogP contribution in [-0.4, -0.2) is 28.0 Å². The number of nitrogen functional groups attached to an aromatic ring is 1. The topological polar surface area (TPSA) is 67.1 Å². The highest BCUT2D eigenvalue weighted by molar-refractivity contribution is 7.16. The summed E-state index contributed by atoms with van der Waals surface area (Å²) >= 11 is 1.61. The van der Waals surface area contributed by atoms with E-state index in [0.717, 1.165) is 22.6 Å². The third-order valence-corrected chi connectivity index (χ3v) is 4.37. The zero-order chi connectivity index (χ0) is 14.0. The molecule has 0 amide bonds. The summed E-state index contributed by atoms with van der Waals surface area (Å²) in [6.07, 6.45) is 0. The summed E-state index contributed by atoms with van der Waals surface area (Å²) in [6, 6.07) is 2.47. The Bertz CT molecular complexity index is 551. The number of hydrogen-bond acceptors (Lipinski definition) is 6. The summed E-state index contributed by atoms with van der Waals surface area (Å²) < 4.78 is 0. The lowest BCUT2D eigenvalue weighted by Gasteiger charge is -2.27. The molecule has 5 nitrogen and oxygen atoms in total. The number of nitrogens with two attached hydrogens (primary N) is 1. The van der Waals surface area contributed by atoms with Gasteiger partial charge in [-0.05, 0) is 31.3 Å². The Kier molecular flexibility index (Phi) is 4.34. The van der Waals surface area contributed by atoms with Gasteiger partial charge >= 0.3 is 0 Å². The number of nitrogens with one attached hydrogen (secondary N) is 1. The van der Waals surface area contributed by atoms with Gasteiger partial charge in [-0.3, -0.25) is 4.90 Å². The molecule has 6 heteroatoms. The van der Waals surface area contributed by atoms with Crippen molar-refractivity contribution >= 4 is 27.4 Å². The molecule has 0 saturated heterocycles. The number of fused-ring (bicyclic) bond motifs is 1. The molecule has 0 aliphatic carbocycles. The Hall–Kier alpha value is -1.24. The molecule has 0 bridgehead atoms. The van der Waals surface area contributed by atoms with E-state index in [0.29, 0.717) is 17.8 Å². The lowest BCUT2D eigenvalue weighted by atomic mass is 10.1. The summed E-state index contributed by atoms with van der Waals surface area (Å²) in [4.78, 5) is 12.3. The Labute approximate surface area is 117 Å². The van der Waals surface area contributed by atoms with Crippen molar-refractivity contribution < 1.29 is 0 Å².